The maximum absolute atomic E-state index is 12.8. The van der Waals surface area contributed by atoms with E-state index in [-0.39, 0.29) is 5.56 Å². The number of ketones is 1. The summed E-state index contributed by atoms with van der Waals surface area (Å²) >= 11 is 0. The van der Waals surface area contributed by atoms with E-state index in [0.717, 1.165) is 12.1 Å². The van der Waals surface area contributed by atoms with E-state index in [0.29, 0.717) is 5.56 Å². The fourth-order valence-corrected chi connectivity index (χ4v) is 1.20. The van der Waals surface area contributed by atoms with Crippen molar-refractivity contribution in [1.29, 1.82) is 0 Å². The van der Waals surface area contributed by atoms with Crippen molar-refractivity contribution in [2.45, 2.75) is 0 Å². The first-order valence-corrected chi connectivity index (χ1v) is 4.20. The first kappa shape index (κ1) is 9.58. The molecule has 0 aliphatic rings. The van der Waals surface area contributed by atoms with Crippen molar-refractivity contribution in [3.05, 3.63) is 59.6 Å². The molecule has 1 heterocycles. The SMILES string of the molecule is O=C(c1ccoc1)c1ccc(F)c(F)c1. The van der Waals surface area contributed by atoms with Gasteiger partial charge in [0.1, 0.15) is 6.26 Å². The molecule has 1 aromatic carbocycles. The summed E-state index contributed by atoms with van der Waals surface area (Å²) in [5.74, 6) is -2.41. The van der Waals surface area contributed by atoms with E-state index in [9.17, 15) is 13.6 Å². The van der Waals surface area contributed by atoms with Crippen LogP contribution in [0.15, 0.2) is 41.2 Å². The van der Waals surface area contributed by atoms with Crippen molar-refractivity contribution in [2.24, 2.45) is 0 Å². The van der Waals surface area contributed by atoms with Gasteiger partial charge in [-0.15, -0.1) is 0 Å². The van der Waals surface area contributed by atoms with Crippen LogP contribution in [-0.2, 0) is 0 Å². The molecule has 0 aliphatic heterocycles. The second-order valence-corrected chi connectivity index (χ2v) is 2.97. The normalized spacial score (nSPS) is 10.3. The average molecular weight is 208 g/mol. The second-order valence-electron chi connectivity index (χ2n) is 2.97. The van der Waals surface area contributed by atoms with Crippen LogP contribution < -0.4 is 0 Å². The molecule has 4 heteroatoms. The van der Waals surface area contributed by atoms with Crippen molar-refractivity contribution >= 4 is 5.78 Å². The highest BCUT2D eigenvalue weighted by Crippen LogP contribution is 2.13. The van der Waals surface area contributed by atoms with E-state index in [1.807, 2.05) is 0 Å². The Hall–Kier alpha value is -1.97. The van der Waals surface area contributed by atoms with Crippen LogP contribution in [0.4, 0.5) is 8.78 Å². The molecule has 0 saturated heterocycles. The molecule has 0 amide bonds. The van der Waals surface area contributed by atoms with Crippen LogP contribution in [0.1, 0.15) is 15.9 Å². The number of benzene rings is 1. The Morgan fingerprint density at radius 2 is 1.87 bits per heavy atom. The number of furan rings is 1. The van der Waals surface area contributed by atoms with Gasteiger partial charge in [-0.05, 0) is 24.3 Å². The summed E-state index contributed by atoms with van der Waals surface area (Å²) in [7, 11) is 0. The number of carbonyl (C=O) groups is 1. The van der Waals surface area contributed by atoms with E-state index in [1.54, 1.807) is 0 Å². The molecule has 2 rings (SSSR count). The molecule has 0 atom stereocenters. The number of hydrogen-bond acceptors (Lipinski definition) is 2. The van der Waals surface area contributed by atoms with E-state index in [4.69, 9.17) is 4.42 Å². The summed E-state index contributed by atoms with van der Waals surface area (Å²) < 4.78 is 30.2. The van der Waals surface area contributed by atoms with Crippen molar-refractivity contribution in [2.75, 3.05) is 0 Å². The van der Waals surface area contributed by atoms with Gasteiger partial charge in [-0.25, -0.2) is 8.78 Å². The van der Waals surface area contributed by atoms with Gasteiger partial charge in [-0.2, -0.15) is 0 Å². The van der Waals surface area contributed by atoms with Gasteiger partial charge < -0.3 is 4.42 Å². The smallest absolute Gasteiger partial charge is 0.196 e. The highest BCUT2D eigenvalue weighted by Gasteiger charge is 2.12. The monoisotopic (exact) mass is 208 g/mol. The summed E-state index contributed by atoms with van der Waals surface area (Å²) in [5, 5.41) is 0. The number of halogens is 2. The topological polar surface area (TPSA) is 30.2 Å². The fraction of sp³-hybridized carbons (Fsp3) is 0. The maximum Gasteiger partial charge on any atom is 0.196 e. The molecule has 15 heavy (non-hydrogen) atoms. The zero-order chi connectivity index (χ0) is 10.8. The average Bonchev–Trinajstić information content (AvgIpc) is 2.74. The van der Waals surface area contributed by atoms with Crippen molar-refractivity contribution < 1.29 is 18.0 Å². The fourth-order valence-electron chi connectivity index (χ4n) is 1.20. The van der Waals surface area contributed by atoms with Crippen LogP contribution in [-0.4, -0.2) is 5.78 Å². The third kappa shape index (κ3) is 1.79. The number of rotatable bonds is 2. The first-order valence-electron chi connectivity index (χ1n) is 4.20. The van der Waals surface area contributed by atoms with Crippen molar-refractivity contribution in [1.82, 2.24) is 0 Å². The minimum atomic E-state index is -1.04. The zero-order valence-electron chi connectivity index (χ0n) is 7.54. The summed E-state index contributed by atoms with van der Waals surface area (Å²) in [6, 6.07) is 4.48. The van der Waals surface area contributed by atoms with Crippen molar-refractivity contribution in [3.63, 3.8) is 0 Å². The second kappa shape index (κ2) is 3.65. The van der Waals surface area contributed by atoms with Crippen LogP contribution in [0.3, 0.4) is 0 Å². The molecule has 76 valence electrons. The molecular weight excluding hydrogens is 202 g/mol. The van der Waals surface area contributed by atoms with Crippen LogP contribution >= 0.6 is 0 Å². The Labute approximate surface area is 84.1 Å². The minimum absolute atomic E-state index is 0.0929. The Bertz CT molecular complexity index is 489. The number of hydrogen-bond donors (Lipinski definition) is 0. The quantitative estimate of drug-likeness (QED) is 0.710. The lowest BCUT2D eigenvalue weighted by Crippen LogP contribution is -2.00. The predicted molar refractivity (Wildman–Crippen MR) is 48.5 cm³/mol. The van der Waals surface area contributed by atoms with E-state index >= 15 is 0 Å². The van der Waals surface area contributed by atoms with Gasteiger partial charge in [0.05, 0.1) is 11.8 Å². The lowest BCUT2D eigenvalue weighted by atomic mass is 10.1. The van der Waals surface area contributed by atoms with Crippen LogP contribution in [0.5, 0.6) is 0 Å². The lowest BCUT2D eigenvalue weighted by molar-refractivity contribution is 0.103. The Kier molecular flexibility index (Phi) is 2.33. The van der Waals surface area contributed by atoms with Crippen LogP contribution in [0.25, 0.3) is 0 Å². The molecule has 2 aromatic rings. The Morgan fingerprint density at radius 3 is 2.47 bits per heavy atom. The third-order valence-electron chi connectivity index (χ3n) is 1.97. The molecule has 0 aliphatic carbocycles. The molecule has 0 fully saturated rings. The van der Waals surface area contributed by atoms with Crippen molar-refractivity contribution in [3.8, 4) is 0 Å². The molecule has 0 bridgehead atoms. The van der Waals surface area contributed by atoms with E-state index in [1.165, 1.54) is 24.7 Å². The van der Waals surface area contributed by atoms with Crippen LogP contribution in [0, 0.1) is 11.6 Å². The lowest BCUT2D eigenvalue weighted by Gasteiger charge is -1.98. The highest BCUT2D eigenvalue weighted by atomic mass is 19.2. The van der Waals surface area contributed by atoms with E-state index in [2.05, 4.69) is 0 Å². The van der Waals surface area contributed by atoms with Gasteiger partial charge in [0.15, 0.2) is 17.4 Å². The van der Waals surface area contributed by atoms with Gasteiger partial charge in [-0.3, -0.25) is 4.79 Å². The molecule has 0 saturated carbocycles. The minimum Gasteiger partial charge on any atom is -0.472 e. The summed E-state index contributed by atoms with van der Waals surface area (Å²) in [4.78, 5) is 11.6. The number of carbonyl (C=O) groups excluding carboxylic acids is 1. The maximum atomic E-state index is 12.8. The predicted octanol–water partition coefficient (Wildman–Crippen LogP) is 2.79. The van der Waals surface area contributed by atoms with Gasteiger partial charge in [0, 0.05) is 5.56 Å². The van der Waals surface area contributed by atoms with Gasteiger partial charge >= 0.3 is 0 Å². The molecule has 1 aromatic heterocycles. The molecule has 2 nitrogen and oxygen atoms in total. The molecular formula is C11H6F2O2. The Balaban J connectivity index is 2.39. The van der Waals surface area contributed by atoms with Gasteiger partial charge in [0.25, 0.3) is 0 Å². The molecule has 0 N–H and O–H groups in total. The highest BCUT2D eigenvalue weighted by molar-refractivity contribution is 6.08. The standard InChI is InChI=1S/C11H6F2O2/c12-9-2-1-7(5-10(9)13)11(14)8-3-4-15-6-8/h1-6H. The first-order chi connectivity index (χ1) is 7.18. The van der Waals surface area contributed by atoms with Gasteiger partial charge in [-0.1, -0.05) is 0 Å². The zero-order valence-corrected chi connectivity index (χ0v) is 7.54. The Morgan fingerprint density at radius 1 is 1.07 bits per heavy atom. The summed E-state index contributed by atoms with van der Waals surface area (Å²) in [5.41, 5.74) is 0.399. The van der Waals surface area contributed by atoms with Gasteiger partial charge in [0.2, 0.25) is 0 Å². The largest absolute Gasteiger partial charge is 0.472 e. The van der Waals surface area contributed by atoms with E-state index < -0.39 is 17.4 Å². The molecule has 0 unspecified atom stereocenters. The molecule has 0 radical (unpaired) electrons. The summed E-state index contributed by atoms with van der Waals surface area (Å²) in [6.45, 7) is 0. The summed E-state index contributed by atoms with van der Waals surface area (Å²) in [6.07, 6.45) is 2.59. The third-order valence-corrected chi connectivity index (χ3v) is 1.97. The molecule has 0 spiro atoms. The van der Waals surface area contributed by atoms with Crippen LogP contribution in [0.2, 0.25) is 0 Å².